The van der Waals surface area contributed by atoms with E-state index in [0.29, 0.717) is 5.92 Å². The molecule has 2 aliphatic heterocycles. The van der Waals surface area contributed by atoms with Gasteiger partial charge in [0.15, 0.2) is 0 Å². The molecule has 64 heavy (non-hydrogen) atoms. The Labute approximate surface area is 385 Å². The number of benzene rings is 6. The molecule has 0 spiro atoms. The second kappa shape index (κ2) is 13.5. The fourth-order valence-electron chi connectivity index (χ4n) is 13.5. The molecule has 324 valence electrons. The molecule has 6 aromatic rings. The summed E-state index contributed by atoms with van der Waals surface area (Å²) in [6.07, 6.45) is 5.08. The van der Waals surface area contributed by atoms with Crippen molar-refractivity contribution in [1.29, 1.82) is 0 Å². The molecule has 6 aromatic carbocycles. The van der Waals surface area contributed by atoms with Gasteiger partial charge in [0.25, 0.3) is 0 Å². The molecular formula is C62H68BN. The molecule has 3 unspecified atom stereocenters. The summed E-state index contributed by atoms with van der Waals surface area (Å²) in [7, 11) is 0. The fourth-order valence-corrected chi connectivity index (χ4v) is 13.5. The summed E-state index contributed by atoms with van der Waals surface area (Å²) in [5.41, 5.74) is 25.7. The number of hydrogen-bond acceptors (Lipinski definition) is 1. The van der Waals surface area contributed by atoms with E-state index in [1.54, 1.807) is 22.2 Å². The fraction of sp³-hybridized carbons (Fsp3) is 0.387. The van der Waals surface area contributed by atoms with Gasteiger partial charge >= 0.3 is 0 Å². The maximum atomic E-state index is 2.81. The molecule has 3 aliphatic carbocycles. The number of hydrogen-bond donors (Lipinski definition) is 0. The zero-order valence-corrected chi connectivity index (χ0v) is 41.0. The third-order valence-corrected chi connectivity index (χ3v) is 17.3. The average Bonchev–Trinajstić information content (AvgIpc) is 3.62. The van der Waals surface area contributed by atoms with Gasteiger partial charge in [-0.15, -0.1) is 0 Å². The van der Waals surface area contributed by atoms with Crippen LogP contribution in [0.1, 0.15) is 166 Å². The predicted octanol–water partition coefficient (Wildman–Crippen LogP) is 15.2. The summed E-state index contributed by atoms with van der Waals surface area (Å²) in [6, 6.07) is 48.2. The van der Waals surface area contributed by atoms with Crippen molar-refractivity contribution in [2.24, 2.45) is 5.41 Å². The molecule has 0 radical (unpaired) electrons. The largest absolute Gasteiger partial charge is 0.314 e. The molecule has 5 aliphatic rings. The van der Waals surface area contributed by atoms with Gasteiger partial charge in [-0.2, -0.15) is 0 Å². The average molecular weight is 838 g/mol. The van der Waals surface area contributed by atoms with Gasteiger partial charge in [-0.25, -0.2) is 0 Å². The molecule has 3 atom stereocenters. The first kappa shape index (κ1) is 41.6. The van der Waals surface area contributed by atoms with Gasteiger partial charge in [-0.3, -0.25) is 0 Å². The van der Waals surface area contributed by atoms with Crippen LogP contribution in [-0.4, -0.2) is 6.71 Å². The van der Waals surface area contributed by atoms with E-state index in [-0.39, 0.29) is 39.2 Å². The number of rotatable bonds is 3. The van der Waals surface area contributed by atoms with Crippen LogP contribution in [0.25, 0.3) is 27.7 Å². The van der Waals surface area contributed by atoms with Gasteiger partial charge in [-0.05, 0) is 130 Å². The van der Waals surface area contributed by atoms with Crippen LogP contribution in [0.3, 0.4) is 0 Å². The van der Waals surface area contributed by atoms with Crippen LogP contribution in [0.15, 0.2) is 127 Å². The maximum Gasteiger partial charge on any atom is 0.247 e. The Kier molecular flexibility index (Phi) is 8.78. The SMILES string of the molecule is CC(C)(C)c1ccc2c(c1)C1=C(N(c3ccc(C(C)(C)C)cc3-c3ccccc3)c3cc(-c4ccccc4)cc4c3B1c1cc(C(C)(C)C)cc3c1C4C1(C)CCCCC31C)C2(C)C. The van der Waals surface area contributed by atoms with E-state index in [4.69, 9.17) is 0 Å². The Bertz CT molecular complexity index is 2950. The third kappa shape index (κ3) is 5.69. The van der Waals surface area contributed by atoms with Crippen LogP contribution in [0, 0.1) is 5.41 Å². The zero-order chi connectivity index (χ0) is 45.1. The van der Waals surface area contributed by atoms with Crippen molar-refractivity contribution in [3.8, 4) is 22.3 Å². The van der Waals surface area contributed by atoms with Gasteiger partial charge in [-0.1, -0.05) is 211 Å². The summed E-state index contributed by atoms with van der Waals surface area (Å²) in [6.45, 7) is 32.0. The predicted molar refractivity (Wildman–Crippen MR) is 276 cm³/mol. The molecule has 1 saturated carbocycles. The van der Waals surface area contributed by atoms with Crippen molar-refractivity contribution in [3.63, 3.8) is 0 Å². The van der Waals surface area contributed by atoms with Crippen LogP contribution in [0.5, 0.6) is 0 Å². The highest BCUT2D eigenvalue weighted by molar-refractivity contribution is 7.02. The van der Waals surface area contributed by atoms with E-state index in [9.17, 15) is 0 Å². The molecule has 11 rings (SSSR count). The Morgan fingerprint density at radius 1 is 0.531 bits per heavy atom. The van der Waals surface area contributed by atoms with Crippen LogP contribution in [0.4, 0.5) is 11.4 Å². The molecule has 0 amide bonds. The van der Waals surface area contributed by atoms with Crippen LogP contribution >= 0.6 is 0 Å². The minimum absolute atomic E-state index is 0.00512. The van der Waals surface area contributed by atoms with E-state index in [1.807, 2.05) is 0 Å². The van der Waals surface area contributed by atoms with Crippen LogP contribution in [0.2, 0.25) is 0 Å². The Hall–Kier alpha value is -5.08. The highest BCUT2D eigenvalue weighted by Crippen LogP contribution is 2.69. The lowest BCUT2D eigenvalue weighted by molar-refractivity contribution is 0.0926. The van der Waals surface area contributed by atoms with Gasteiger partial charge < -0.3 is 4.90 Å². The molecule has 1 fully saturated rings. The lowest BCUT2D eigenvalue weighted by atomic mass is 9.29. The van der Waals surface area contributed by atoms with E-state index in [2.05, 4.69) is 216 Å². The summed E-state index contributed by atoms with van der Waals surface area (Å²) in [5.74, 6) is 0.307. The Morgan fingerprint density at radius 2 is 1.12 bits per heavy atom. The molecule has 2 heterocycles. The first-order chi connectivity index (χ1) is 30.1. The number of fused-ring (bicyclic) bond motifs is 8. The topological polar surface area (TPSA) is 3.24 Å². The second-order valence-corrected chi connectivity index (χ2v) is 24.5. The molecule has 1 nitrogen and oxygen atoms in total. The summed E-state index contributed by atoms with van der Waals surface area (Å²) >= 11 is 0. The van der Waals surface area contributed by atoms with Crippen LogP contribution in [-0.2, 0) is 27.1 Å². The standard InChI is InChI=1S/C62H68BN/c1-57(2,3)41-26-28-47-45(35-41)55-56(60(47,10)11)64(50-29-27-42(58(4,5)6)34-44(50)39-24-18-15-19-25-39)51-33-40(38-22-16-14-17-23-38)32-46-53-52-48(61(12)30-20-21-31-62(53,61)13)36-43(59(7,8)9)37-49(52)63(55)54(46)51/h14-19,22-29,32-37,53H,20-21,30-31H2,1-13H3. The summed E-state index contributed by atoms with van der Waals surface area (Å²) in [4.78, 5) is 2.81. The minimum atomic E-state index is -0.286. The molecular weight excluding hydrogens is 770 g/mol. The van der Waals surface area contributed by atoms with Crippen molar-refractivity contribution in [1.82, 2.24) is 0 Å². The normalized spacial score (nSPS) is 22.8. The number of nitrogens with zero attached hydrogens (tertiary/aromatic N) is 1. The van der Waals surface area contributed by atoms with Crippen molar-refractivity contribution in [3.05, 3.63) is 172 Å². The summed E-state index contributed by atoms with van der Waals surface area (Å²) in [5, 5.41) is 0. The third-order valence-electron chi connectivity index (χ3n) is 17.3. The molecule has 2 heteroatoms. The summed E-state index contributed by atoms with van der Waals surface area (Å²) < 4.78 is 0. The Balaban J connectivity index is 1.34. The lowest BCUT2D eigenvalue weighted by Crippen LogP contribution is -2.57. The van der Waals surface area contributed by atoms with Crippen molar-refractivity contribution in [2.75, 3.05) is 4.90 Å². The quantitative estimate of drug-likeness (QED) is 0.161. The van der Waals surface area contributed by atoms with E-state index in [1.165, 1.54) is 104 Å². The van der Waals surface area contributed by atoms with E-state index < -0.39 is 0 Å². The van der Waals surface area contributed by atoms with Crippen molar-refractivity contribution < 1.29 is 0 Å². The van der Waals surface area contributed by atoms with E-state index in [0.717, 1.165) is 0 Å². The molecule has 0 saturated heterocycles. The van der Waals surface area contributed by atoms with Gasteiger partial charge in [0, 0.05) is 28.3 Å². The van der Waals surface area contributed by atoms with Crippen molar-refractivity contribution >= 4 is 34.5 Å². The highest BCUT2D eigenvalue weighted by Gasteiger charge is 2.63. The Morgan fingerprint density at radius 3 is 1.77 bits per heavy atom. The number of anilines is 2. The minimum Gasteiger partial charge on any atom is -0.314 e. The van der Waals surface area contributed by atoms with Crippen LogP contribution < -0.4 is 15.8 Å². The number of allylic oxidation sites excluding steroid dienone is 1. The highest BCUT2D eigenvalue weighted by atomic mass is 15.2. The molecule has 0 aromatic heterocycles. The second-order valence-electron chi connectivity index (χ2n) is 24.5. The monoisotopic (exact) mass is 838 g/mol. The van der Waals surface area contributed by atoms with Gasteiger partial charge in [0.1, 0.15) is 0 Å². The maximum absolute atomic E-state index is 2.81. The zero-order valence-electron chi connectivity index (χ0n) is 41.0. The van der Waals surface area contributed by atoms with Gasteiger partial charge in [0.05, 0.1) is 5.69 Å². The first-order valence-corrected chi connectivity index (χ1v) is 24.5. The van der Waals surface area contributed by atoms with Crippen molar-refractivity contribution in [2.45, 2.75) is 149 Å². The smallest absolute Gasteiger partial charge is 0.247 e. The molecule has 0 N–H and O–H groups in total. The van der Waals surface area contributed by atoms with E-state index >= 15 is 0 Å². The van der Waals surface area contributed by atoms with Gasteiger partial charge in [0.2, 0.25) is 6.71 Å². The lowest BCUT2D eigenvalue weighted by Gasteiger charge is -2.51. The molecule has 0 bridgehead atoms. The first-order valence-electron chi connectivity index (χ1n) is 24.5.